The standard InChI is InChI=1S/C12H14ClN3O4/c13-11-10(4-9(6-14-11)16(18)19)12(17)15-5-8-2-1-3-20-7-8/h4,6,8H,1-3,5,7H2,(H,15,17). The van der Waals surface area contributed by atoms with Crippen LogP contribution < -0.4 is 5.32 Å². The van der Waals surface area contributed by atoms with Gasteiger partial charge in [0.2, 0.25) is 0 Å². The van der Waals surface area contributed by atoms with E-state index in [1.165, 1.54) is 0 Å². The van der Waals surface area contributed by atoms with E-state index in [1.54, 1.807) is 0 Å². The molecular formula is C12H14ClN3O4. The van der Waals surface area contributed by atoms with Gasteiger partial charge >= 0.3 is 0 Å². The van der Waals surface area contributed by atoms with Crippen LogP contribution in [0.2, 0.25) is 5.15 Å². The Morgan fingerprint density at radius 1 is 1.65 bits per heavy atom. The molecule has 8 heteroatoms. The van der Waals surface area contributed by atoms with Crippen LogP contribution >= 0.6 is 11.6 Å². The molecule has 0 spiro atoms. The van der Waals surface area contributed by atoms with Crippen LogP contribution in [0.15, 0.2) is 12.3 Å². The van der Waals surface area contributed by atoms with Crippen molar-refractivity contribution in [1.29, 1.82) is 0 Å². The first kappa shape index (κ1) is 14.7. The number of rotatable bonds is 4. The molecule has 108 valence electrons. The Labute approximate surface area is 120 Å². The predicted octanol–water partition coefficient (Wildman–Crippen LogP) is 1.80. The van der Waals surface area contributed by atoms with Crippen molar-refractivity contribution in [2.45, 2.75) is 12.8 Å². The summed E-state index contributed by atoms with van der Waals surface area (Å²) in [6, 6.07) is 1.13. The van der Waals surface area contributed by atoms with E-state index >= 15 is 0 Å². The zero-order valence-corrected chi connectivity index (χ0v) is 11.4. The molecule has 0 saturated carbocycles. The summed E-state index contributed by atoms with van der Waals surface area (Å²) in [5, 5.41) is 13.3. The van der Waals surface area contributed by atoms with E-state index in [-0.39, 0.29) is 22.3 Å². The number of halogens is 1. The van der Waals surface area contributed by atoms with E-state index in [0.29, 0.717) is 13.2 Å². The lowest BCUT2D eigenvalue weighted by atomic mass is 10.0. The number of aromatic nitrogens is 1. The Hall–Kier alpha value is -1.73. The zero-order valence-electron chi connectivity index (χ0n) is 10.7. The van der Waals surface area contributed by atoms with Gasteiger partial charge in [0.05, 0.1) is 17.1 Å². The van der Waals surface area contributed by atoms with Crippen molar-refractivity contribution in [1.82, 2.24) is 10.3 Å². The van der Waals surface area contributed by atoms with Gasteiger partial charge in [0.1, 0.15) is 11.3 Å². The molecule has 1 aromatic heterocycles. The highest BCUT2D eigenvalue weighted by Gasteiger charge is 2.19. The smallest absolute Gasteiger partial charge is 0.288 e. The second kappa shape index (κ2) is 6.62. The van der Waals surface area contributed by atoms with Crippen LogP contribution in [0.1, 0.15) is 23.2 Å². The first-order valence-corrected chi connectivity index (χ1v) is 6.61. The normalized spacial score (nSPS) is 18.6. The molecule has 1 N–H and O–H groups in total. The van der Waals surface area contributed by atoms with Gasteiger partial charge in [-0.2, -0.15) is 0 Å². The maximum Gasteiger partial charge on any atom is 0.288 e. The molecule has 0 aliphatic carbocycles. The molecule has 7 nitrogen and oxygen atoms in total. The molecule has 2 heterocycles. The molecule has 1 saturated heterocycles. The third-order valence-electron chi connectivity index (χ3n) is 3.09. The number of carbonyl (C=O) groups excluding carboxylic acids is 1. The number of nitrogens with zero attached hydrogens (tertiary/aromatic N) is 2. The summed E-state index contributed by atoms with van der Waals surface area (Å²) in [5.41, 5.74) is -0.252. The van der Waals surface area contributed by atoms with Gasteiger partial charge in [-0.3, -0.25) is 14.9 Å². The molecular weight excluding hydrogens is 286 g/mol. The van der Waals surface area contributed by atoms with Gasteiger partial charge in [-0.05, 0) is 18.8 Å². The number of ether oxygens (including phenoxy) is 1. The molecule has 1 aliphatic heterocycles. The largest absolute Gasteiger partial charge is 0.381 e. The highest BCUT2D eigenvalue weighted by Crippen LogP contribution is 2.19. The average molecular weight is 300 g/mol. The lowest BCUT2D eigenvalue weighted by molar-refractivity contribution is -0.385. The van der Waals surface area contributed by atoms with Crippen LogP contribution in [0, 0.1) is 16.0 Å². The van der Waals surface area contributed by atoms with E-state index in [9.17, 15) is 14.9 Å². The van der Waals surface area contributed by atoms with Gasteiger partial charge in [0.25, 0.3) is 11.6 Å². The Kier molecular flexibility index (Phi) is 4.86. The summed E-state index contributed by atoms with van der Waals surface area (Å²) in [6.45, 7) is 1.82. The molecule has 1 atom stereocenters. The van der Waals surface area contributed by atoms with E-state index in [4.69, 9.17) is 16.3 Å². The van der Waals surface area contributed by atoms with Crippen LogP contribution in [0.4, 0.5) is 5.69 Å². The summed E-state index contributed by atoms with van der Waals surface area (Å²) in [4.78, 5) is 25.7. The highest BCUT2D eigenvalue weighted by molar-refractivity contribution is 6.32. The third kappa shape index (κ3) is 3.64. The molecule has 1 fully saturated rings. The van der Waals surface area contributed by atoms with Crippen LogP contribution in [0.5, 0.6) is 0 Å². The van der Waals surface area contributed by atoms with Crippen molar-refractivity contribution in [3.63, 3.8) is 0 Å². The van der Waals surface area contributed by atoms with E-state index < -0.39 is 10.8 Å². The summed E-state index contributed by atoms with van der Waals surface area (Å²) >= 11 is 5.80. The number of hydrogen-bond donors (Lipinski definition) is 1. The molecule has 0 aromatic carbocycles. The molecule has 1 unspecified atom stereocenters. The average Bonchev–Trinajstić information content (AvgIpc) is 2.46. The highest BCUT2D eigenvalue weighted by atomic mass is 35.5. The van der Waals surface area contributed by atoms with Gasteiger partial charge in [0, 0.05) is 19.2 Å². The van der Waals surface area contributed by atoms with E-state index in [2.05, 4.69) is 10.3 Å². The second-order valence-electron chi connectivity index (χ2n) is 4.58. The fourth-order valence-electron chi connectivity index (χ4n) is 2.00. The van der Waals surface area contributed by atoms with Gasteiger partial charge in [0.15, 0.2) is 0 Å². The lowest BCUT2D eigenvalue weighted by Gasteiger charge is -2.22. The third-order valence-corrected chi connectivity index (χ3v) is 3.39. The number of pyridine rings is 1. The molecule has 1 aromatic rings. The van der Waals surface area contributed by atoms with Crippen LogP contribution in [-0.2, 0) is 4.74 Å². The molecule has 0 radical (unpaired) electrons. The quantitative estimate of drug-likeness (QED) is 0.520. The molecule has 1 amide bonds. The predicted molar refractivity (Wildman–Crippen MR) is 71.8 cm³/mol. The van der Waals surface area contributed by atoms with Crippen LogP contribution in [0.25, 0.3) is 0 Å². The van der Waals surface area contributed by atoms with Crippen molar-refractivity contribution in [2.75, 3.05) is 19.8 Å². The minimum atomic E-state index is -0.616. The van der Waals surface area contributed by atoms with Gasteiger partial charge in [-0.25, -0.2) is 4.98 Å². The summed E-state index contributed by atoms with van der Waals surface area (Å²) in [5.74, 6) is -0.199. The summed E-state index contributed by atoms with van der Waals surface area (Å²) in [6.07, 6.45) is 2.98. The maximum absolute atomic E-state index is 12.0. The minimum Gasteiger partial charge on any atom is -0.381 e. The number of nitrogens with one attached hydrogen (secondary N) is 1. The van der Waals surface area contributed by atoms with E-state index in [1.807, 2.05) is 0 Å². The van der Waals surface area contributed by atoms with Gasteiger partial charge in [-0.15, -0.1) is 0 Å². The summed E-state index contributed by atoms with van der Waals surface area (Å²) < 4.78 is 5.32. The number of nitro groups is 1. The van der Waals surface area contributed by atoms with Gasteiger partial charge in [-0.1, -0.05) is 11.6 Å². The topological polar surface area (TPSA) is 94.4 Å². The van der Waals surface area contributed by atoms with Crippen LogP contribution in [-0.4, -0.2) is 35.6 Å². The van der Waals surface area contributed by atoms with Crippen molar-refractivity contribution in [3.05, 3.63) is 33.1 Å². The zero-order chi connectivity index (χ0) is 14.5. The number of hydrogen-bond acceptors (Lipinski definition) is 5. The van der Waals surface area contributed by atoms with Crippen molar-refractivity contribution in [2.24, 2.45) is 5.92 Å². The molecule has 0 bridgehead atoms. The lowest BCUT2D eigenvalue weighted by Crippen LogP contribution is -2.33. The minimum absolute atomic E-state index is 0.0117. The molecule has 1 aliphatic rings. The van der Waals surface area contributed by atoms with E-state index in [0.717, 1.165) is 31.7 Å². The Bertz CT molecular complexity index is 517. The SMILES string of the molecule is O=C(NCC1CCCOC1)c1cc([N+](=O)[O-])cnc1Cl. The molecule has 20 heavy (non-hydrogen) atoms. The Morgan fingerprint density at radius 3 is 3.10 bits per heavy atom. The van der Waals surface area contributed by atoms with Crippen molar-refractivity contribution in [3.8, 4) is 0 Å². The van der Waals surface area contributed by atoms with Crippen molar-refractivity contribution < 1.29 is 14.5 Å². The first-order chi connectivity index (χ1) is 9.58. The fraction of sp³-hybridized carbons (Fsp3) is 0.500. The maximum atomic E-state index is 12.0. The monoisotopic (exact) mass is 299 g/mol. The fourth-order valence-corrected chi connectivity index (χ4v) is 2.19. The van der Waals surface area contributed by atoms with Crippen molar-refractivity contribution >= 4 is 23.2 Å². The van der Waals surface area contributed by atoms with Crippen LogP contribution in [0.3, 0.4) is 0 Å². The number of carbonyl (C=O) groups is 1. The molecule has 2 rings (SSSR count). The summed E-state index contributed by atoms with van der Waals surface area (Å²) in [7, 11) is 0. The Morgan fingerprint density at radius 2 is 2.45 bits per heavy atom. The number of amides is 1. The van der Waals surface area contributed by atoms with Gasteiger partial charge < -0.3 is 10.1 Å². The first-order valence-electron chi connectivity index (χ1n) is 6.24. The Balaban J connectivity index is 2.00. The second-order valence-corrected chi connectivity index (χ2v) is 4.94.